The number of amides is 1. The summed E-state index contributed by atoms with van der Waals surface area (Å²) in [5.74, 6) is 1.13. The quantitative estimate of drug-likeness (QED) is 0.0707. The van der Waals surface area contributed by atoms with E-state index in [0.717, 1.165) is 16.5 Å². The molecule has 0 radical (unpaired) electrons. The van der Waals surface area contributed by atoms with Crippen molar-refractivity contribution in [1.29, 1.82) is 0 Å². The van der Waals surface area contributed by atoms with Crippen LogP contribution in [0.5, 0.6) is 28.7 Å². The third-order valence-corrected chi connectivity index (χ3v) is 6.85. The van der Waals surface area contributed by atoms with Crippen LogP contribution in [0.1, 0.15) is 40.3 Å². The van der Waals surface area contributed by atoms with Crippen LogP contribution < -0.4 is 29.1 Å². The molecule has 0 spiro atoms. The number of H-pyrrole nitrogens is 1. The summed E-state index contributed by atoms with van der Waals surface area (Å²) in [7, 11) is 3.05. The molecule has 4 aromatic carbocycles. The van der Waals surface area contributed by atoms with E-state index >= 15 is 0 Å². The molecule has 45 heavy (non-hydrogen) atoms. The van der Waals surface area contributed by atoms with E-state index in [1.165, 1.54) is 13.3 Å². The molecule has 0 saturated carbocycles. The summed E-state index contributed by atoms with van der Waals surface area (Å²) in [4.78, 5) is 29.5. The number of aromatic amines is 1. The van der Waals surface area contributed by atoms with Gasteiger partial charge in [-0.3, -0.25) is 4.79 Å². The normalized spacial score (nSPS) is 10.9. The number of aromatic nitrogens is 1. The highest BCUT2D eigenvalue weighted by molar-refractivity contribution is 6.11. The number of hydrogen-bond donors (Lipinski definition) is 2. The van der Waals surface area contributed by atoms with Gasteiger partial charge in [0.05, 0.1) is 44.7 Å². The van der Waals surface area contributed by atoms with Crippen molar-refractivity contribution in [3.63, 3.8) is 0 Å². The predicted octanol–water partition coefficient (Wildman–Crippen LogP) is 6.63. The molecular formula is C35H33N3O7. The summed E-state index contributed by atoms with van der Waals surface area (Å²) in [5.41, 5.74) is 6.17. The number of nitrogens with one attached hydrogen (secondary N) is 2. The zero-order valence-electron chi connectivity index (χ0n) is 25.4. The van der Waals surface area contributed by atoms with Gasteiger partial charge < -0.3 is 28.7 Å². The minimum atomic E-state index is -0.588. The molecule has 5 aromatic rings. The lowest BCUT2D eigenvalue weighted by atomic mass is 10.0. The number of ether oxygens (including phenoxy) is 5. The van der Waals surface area contributed by atoms with Gasteiger partial charge in [0.2, 0.25) is 0 Å². The molecule has 5 rings (SSSR count). The number of carbonyl (C=O) groups excluding carboxylic acids is 2. The van der Waals surface area contributed by atoms with Crippen LogP contribution in [0.2, 0.25) is 0 Å². The average Bonchev–Trinajstić information content (AvgIpc) is 3.47. The van der Waals surface area contributed by atoms with E-state index < -0.39 is 11.9 Å². The minimum Gasteiger partial charge on any atom is -0.495 e. The Hall–Kier alpha value is -5.77. The molecule has 0 unspecified atom stereocenters. The topological polar surface area (TPSA) is 120 Å². The smallest absolute Gasteiger partial charge is 0.343 e. The first-order valence-corrected chi connectivity index (χ1v) is 14.3. The van der Waals surface area contributed by atoms with Crippen molar-refractivity contribution in [3.05, 3.63) is 102 Å². The van der Waals surface area contributed by atoms with Gasteiger partial charge in [0.1, 0.15) is 11.4 Å². The number of hydrazone groups is 1. The molecule has 0 atom stereocenters. The van der Waals surface area contributed by atoms with Crippen LogP contribution in [0.4, 0.5) is 0 Å². The molecule has 1 heterocycles. The highest BCUT2D eigenvalue weighted by Gasteiger charge is 2.21. The van der Waals surface area contributed by atoms with Crippen LogP contribution in [0, 0.1) is 0 Å². The zero-order chi connectivity index (χ0) is 31.8. The lowest BCUT2D eigenvalue weighted by Crippen LogP contribution is -2.18. The molecule has 0 aliphatic carbocycles. The van der Waals surface area contributed by atoms with Crippen molar-refractivity contribution < 1.29 is 33.3 Å². The average molecular weight is 608 g/mol. The third kappa shape index (κ3) is 6.75. The Kier molecular flexibility index (Phi) is 9.64. The first-order valence-electron chi connectivity index (χ1n) is 14.3. The molecule has 0 fully saturated rings. The monoisotopic (exact) mass is 607 g/mol. The lowest BCUT2D eigenvalue weighted by molar-refractivity contribution is 0.0728. The van der Waals surface area contributed by atoms with Gasteiger partial charge in [-0.05, 0) is 67.4 Å². The molecule has 10 heteroatoms. The maximum absolute atomic E-state index is 13.4. The summed E-state index contributed by atoms with van der Waals surface area (Å²) in [5, 5.41) is 5.02. The molecule has 0 aliphatic heterocycles. The first kappa shape index (κ1) is 30.7. The Balaban J connectivity index is 1.33. The predicted molar refractivity (Wildman–Crippen MR) is 172 cm³/mol. The Morgan fingerprint density at radius 2 is 1.51 bits per heavy atom. The van der Waals surface area contributed by atoms with Crippen LogP contribution in [0.15, 0.2) is 90.0 Å². The number of nitrogens with zero attached hydrogens (tertiary/aromatic N) is 1. The second kappa shape index (κ2) is 14.1. The number of para-hydroxylation sites is 1. The molecule has 0 bridgehead atoms. The van der Waals surface area contributed by atoms with E-state index in [-0.39, 0.29) is 5.75 Å². The number of esters is 1. The van der Waals surface area contributed by atoms with Gasteiger partial charge in [0, 0.05) is 10.9 Å². The maximum Gasteiger partial charge on any atom is 0.343 e. The van der Waals surface area contributed by atoms with Crippen LogP contribution in [0.3, 0.4) is 0 Å². The minimum absolute atomic E-state index is 0.218. The molecule has 1 aromatic heterocycles. The van der Waals surface area contributed by atoms with Crippen molar-refractivity contribution >= 4 is 29.0 Å². The summed E-state index contributed by atoms with van der Waals surface area (Å²) in [6, 6.07) is 25.1. The third-order valence-electron chi connectivity index (χ3n) is 6.85. The maximum atomic E-state index is 13.4. The second-order valence-electron chi connectivity index (χ2n) is 9.65. The number of rotatable bonds is 12. The fraction of sp³-hybridized carbons (Fsp3) is 0.171. The number of hydrogen-bond acceptors (Lipinski definition) is 8. The number of methoxy groups -OCH3 is 2. The molecule has 230 valence electrons. The largest absolute Gasteiger partial charge is 0.495 e. The van der Waals surface area contributed by atoms with E-state index in [4.69, 9.17) is 23.7 Å². The van der Waals surface area contributed by atoms with Crippen molar-refractivity contribution in [2.45, 2.75) is 13.8 Å². The number of fused-ring (bicyclic) bond motifs is 1. The standard InChI is InChI=1S/C35H33N3O7/c1-5-43-26-18-16-24(20-30(26)44-6-2)35(40)45-27-17-15-22(19-29(27)42-4)21-36-38-34(39)33-31(23-11-8-7-9-12-23)25-13-10-14-28(41-3)32(25)37-33/h7-21,37H,5-6H2,1-4H3,(H,38,39). The van der Waals surface area contributed by atoms with Crippen LogP contribution in [-0.2, 0) is 0 Å². The second-order valence-corrected chi connectivity index (χ2v) is 9.65. The summed E-state index contributed by atoms with van der Waals surface area (Å²) in [6.45, 7) is 4.60. The van der Waals surface area contributed by atoms with Gasteiger partial charge in [-0.15, -0.1) is 0 Å². The lowest BCUT2D eigenvalue weighted by Gasteiger charge is -2.13. The van der Waals surface area contributed by atoms with Crippen LogP contribution in [-0.4, -0.2) is 50.5 Å². The van der Waals surface area contributed by atoms with Gasteiger partial charge in [-0.2, -0.15) is 5.10 Å². The fourth-order valence-electron chi connectivity index (χ4n) is 4.84. The van der Waals surface area contributed by atoms with Crippen molar-refractivity contribution in [1.82, 2.24) is 10.4 Å². The van der Waals surface area contributed by atoms with Gasteiger partial charge in [0.25, 0.3) is 5.91 Å². The van der Waals surface area contributed by atoms with Crippen molar-refractivity contribution in [2.24, 2.45) is 5.10 Å². The Labute approximate surface area is 260 Å². The van der Waals surface area contributed by atoms with Gasteiger partial charge in [-0.1, -0.05) is 42.5 Å². The Bertz CT molecular complexity index is 1850. The van der Waals surface area contributed by atoms with Gasteiger partial charge in [-0.25, -0.2) is 10.2 Å². The fourth-order valence-corrected chi connectivity index (χ4v) is 4.84. The Morgan fingerprint density at radius 1 is 0.778 bits per heavy atom. The first-order chi connectivity index (χ1) is 22.0. The highest BCUT2D eigenvalue weighted by Crippen LogP contribution is 2.36. The van der Waals surface area contributed by atoms with E-state index in [1.54, 1.807) is 43.5 Å². The van der Waals surface area contributed by atoms with Crippen LogP contribution >= 0.6 is 0 Å². The van der Waals surface area contributed by atoms with E-state index in [1.807, 2.05) is 62.4 Å². The SMILES string of the molecule is CCOc1ccc(C(=O)Oc2ccc(C=NNC(=O)c3[nH]c4c(OC)cccc4c3-c3ccccc3)cc2OC)cc1OCC. The molecule has 2 N–H and O–H groups in total. The van der Waals surface area contributed by atoms with E-state index in [9.17, 15) is 9.59 Å². The molecule has 0 aliphatic rings. The van der Waals surface area contributed by atoms with E-state index in [0.29, 0.717) is 58.5 Å². The number of benzene rings is 4. The van der Waals surface area contributed by atoms with Crippen molar-refractivity contribution in [2.75, 3.05) is 27.4 Å². The summed E-state index contributed by atoms with van der Waals surface area (Å²) >= 11 is 0. The zero-order valence-corrected chi connectivity index (χ0v) is 25.4. The summed E-state index contributed by atoms with van der Waals surface area (Å²) < 4.78 is 27.8. The molecule has 1 amide bonds. The Morgan fingerprint density at radius 3 is 2.24 bits per heavy atom. The number of carbonyl (C=O) groups is 2. The molecule has 0 saturated heterocycles. The van der Waals surface area contributed by atoms with Crippen molar-refractivity contribution in [3.8, 4) is 39.9 Å². The molecule has 10 nitrogen and oxygen atoms in total. The van der Waals surface area contributed by atoms with Gasteiger partial charge >= 0.3 is 5.97 Å². The van der Waals surface area contributed by atoms with E-state index in [2.05, 4.69) is 15.5 Å². The summed E-state index contributed by atoms with van der Waals surface area (Å²) in [6.07, 6.45) is 1.47. The highest BCUT2D eigenvalue weighted by atomic mass is 16.6. The molecular weight excluding hydrogens is 574 g/mol. The van der Waals surface area contributed by atoms with Crippen LogP contribution in [0.25, 0.3) is 22.0 Å². The van der Waals surface area contributed by atoms with Gasteiger partial charge in [0.15, 0.2) is 23.0 Å².